The van der Waals surface area contributed by atoms with Crippen molar-refractivity contribution in [1.29, 1.82) is 0 Å². The maximum absolute atomic E-state index is 12.2. The van der Waals surface area contributed by atoms with Crippen molar-refractivity contribution < 1.29 is 4.79 Å². The Kier molecular flexibility index (Phi) is 2.78. The quantitative estimate of drug-likeness (QED) is 0.758. The second-order valence-electron chi connectivity index (χ2n) is 5.59. The molecule has 1 aliphatic rings. The maximum atomic E-state index is 12.2. The number of hydrogen-bond donors (Lipinski definition) is 2. The van der Waals surface area contributed by atoms with E-state index in [9.17, 15) is 4.79 Å². The molecule has 0 fully saturated rings. The lowest BCUT2D eigenvalue weighted by Crippen LogP contribution is -2.33. The van der Waals surface area contributed by atoms with E-state index in [1.807, 2.05) is 30.5 Å². The number of carbonyl (C=O) groups is 1. The predicted octanol–water partition coefficient (Wildman–Crippen LogP) is 3.24. The van der Waals surface area contributed by atoms with Crippen LogP contribution >= 0.6 is 0 Å². The van der Waals surface area contributed by atoms with E-state index in [0.717, 1.165) is 22.9 Å². The van der Waals surface area contributed by atoms with Crippen LogP contribution < -0.4 is 5.32 Å². The minimum atomic E-state index is 0.00230. The Morgan fingerprint density at radius 2 is 2.10 bits per heavy atom. The molecule has 0 saturated carbocycles. The molecule has 1 atom stereocenters. The largest absolute Gasteiger partial charge is 0.361 e. The van der Waals surface area contributed by atoms with E-state index < -0.39 is 0 Å². The van der Waals surface area contributed by atoms with Gasteiger partial charge in [0.25, 0.3) is 5.91 Å². The fourth-order valence-corrected chi connectivity index (χ4v) is 3.06. The summed E-state index contributed by atoms with van der Waals surface area (Å²) in [7, 11) is 0. The third-order valence-corrected chi connectivity index (χ3v) is 4.29. The average molecular weight is 276 g/mol. The lowest BCUT2D eigenvalue weighted by atomic mass is 9.77. The Labute approximate surface area is 123 Å². The van der Waals surface area contributed by atoms with Gasteiger partial charge in [-0.1, -0.05) is 24.3 Å². The van der Waals surface area contributed by atoms with Crippen LogP contribution in [-0.2, 0) is 6.42 Å². The van der Waals surface area contributed by atoms with Crippen molar-refractivity contribution in [2.45, 2.75) is 12.3 Å². The van der Waals surface area contributed by atoms with E-state index >= 15 is 0 Å². The summed E-state index contributed by atoms with van der Waals surface area (Å²) in [6, 6.07) is 16.2. The van der Waals surface area contributed by atoms with Crippen LogP contribution in [0.1, 0.15) is 27.4 Å². The molecule has 2 N–H and O–H groups in total. The zero-order valence-electron chi connectivity index (χ0n) is 11.6. The van der Waals surface area contributed by atoms with Crippen LogP contribution in [0.15, 0.2) is 54.7 Å². The lowest BCUT2D eigenvalue weighted by molar-refractivity contribution is 0.0950. The topological polar surface area (TPSA) is 44.9 Å². The van der Waals surface area contributed by atoms with E-state index in [1.165, 1.54) is 11.1 Å². The molecular formula is C18H16N2O. The molecule has 3 aromatic rings. The second kappa shape index (κ2) is 4.77. The zero-order chi connectivity index (χ0) is 14.2. The van der Waals surface area contributed by atoms with Gasteiger partial charge in [0.2, 0.25) is 0 Å². The van der Waals surface area contributed by atoms with Crippen LogP contribution in [0, 0.1) is 0 Å². The molecule has 1 aliphatic carbocycles. The van der Waals surface area contributed by atoms with Gasteiger partial charge in [-0.15, -0.1) is 0 Å². The van der Waals surface area contributed by atoms with Crippen molar-refractivity contribution in [1.82, 2.24) is 10.3 Å². The molecular weight excluding hydrogens is 260 g/mol. The lowest BCUT2D eigenvalue weighted by Gasteiger charge is -2.30. The number of nitrogens with one attached hydrogen (secondary N) is 2. The maximum Gasteiger partial charge on any atom is 0.251 e. The summed E-state index contributed by atoms with van der Waals surface area (Å²) in [5, 5.41) is 4.12. The number of benzene rings is 2. The molecule has 21 heavy (non-hydrogen) atoms. The molecule has 2 aromatic carbocycles. The van der Waals surface area contributed by atoms with Crippen LogP contribution in [0.5, 0.6) is 0 Å². The van der Waals surface area contributed by atoms with Crippen molar-refractivity contribution in [3.8, 4) is 0 Å². The highest BCUT2D eigenvalue weighted by Gasteiger charge is 2.25. The van der Waals surface area contributed by atoms with Crippen LogP contribution in [0.25, 0.3) is 10.9 Å². The number of H-pyrrole nitrogens is 1. The molecule has 0 bridgehead atoms. The van der Waals surface area contributed by atoms with Crippen molar-refractivity contribution in [2.75, 3.05) is 6.54 Å². The van der Waals surface area contributed by atoms with Gasteiger partial charge in [-0.3, -0.25) is 4.79 Å². The van der Waals surface area contributed by atoms with E-state index in [1.54, 1.807) is 0 Å². The normalized spacial score (nSPS) is 16.3. The van der Waals surface area contributed by atoms with Gasteiger partial charge in [-0.05, 0) is 41.8 Å². The highest BCUT2D eigenvalue weighted by Crippen LogP contribution is 2.34. The molecule has 0 radical (unpaired) electrons. The van der Waals surface area contributed by atoms with Gasteiger partial charge in [0.1, 0.15) is 0 Å². The molecule has 0 saturated heterocycles. The fourth-order valence-electron chi connectivity index (χ4n) is 3.06. The average Bonchev–Trinajstić information content (AvgIpc) is 2.95. The van der Waals surface area contributed by atoms with Crippen LogP contribution in [-0.4, -0.2) is 17.4 Å². The van der Waals surface area contributed by atoms with Gasteiger partial charge in [0.15, 0.2) is 0 Å². The molecule has 3 nitrogen and oxygen atoms in total. The first-order valence-electron chi connectivity index (χ1n) is 7.24. The Bertz CT molecular complexity index is 819. The molecule has 1 aromatic heterocycles. The molecule has 0 aliphatic heterocycles. The minimum Gasteiger partial charge on any atom is -0.361 e. The van der Waals surface area contributed by atoms with Crippen molar-refractivity contribution in [2.24, 2.45) is 0 Å². The number of aromatic amines is 1. The summed E-state index contributed by atoms with van der Waals surface area (Å²) in [6.07, 6.45) is 2.95. The first-order chi connectivity index (χ1) is 10.3. The van der Waals surface area contributed by atoms with Gasteiger partial charge >= 0.3 is 0 Å². The summed E-state index contributed by atoms with van der Waals surface area (Å²) in [4.78, 5) is 15.4. The van der Waals surface area contributed by atoms with Gasteiger partial charge in [0.05, 0.1) is 0 Å². The highest BCUT2D eigenvalue weighted by atomic mass is 16.1. The molecule has 0 spiro atoms. The summed E-state index contributed by atoms with van der Waals surface area (Å²) < 4.78 is 0. The summed E-state index contributed by atoms with van der Waals surface area (Å²) in [5.41, 5.74) is 4.55. The zero-order valence-corrected chi connectivity index (χ0v) is 11.6. The number of aromatic nitrogens is 1. The third kappa shape index (κ3) is 2.11. The number of amides is 1. The molecule has 1 amide bonds. The third-order valence-electron chi connectivity index (χ3n) is 4.29. The Balaban J connectivity index is 1.44. The molecule has 1 unspecified atom stereocenters. The SMILES string of the molecule is O=C(NCC1Cc2ccccc21)c1ccc2[nH]ccc2c1. The van der Waals surface area contributed by atoms with Crippen LogP contribution in [0.2, 0.25) is 0 Å². The molecule has 3 heteroatoms. The van der Waals surface area contributed by atoms with E-state index in [-0.39, 0.29) is 5.91 Å². The molecule has 1 heterocycles. The van der Waals surface area contributed by atoms with E-state index in [2.05, 4.69) is 34.6 Å². The van der Waals surface area contributed by atoms with Crippen molar-refractivity contribution >= 4 is 16.8 Å². The smallest absolute Gasteiger partial charge is 0.251 e. The minimum absolute atomic E-state index is 0.00230. The molecule has 104 valence electrons. The Morgan fingerprint density at radius 3 is 3.00 bits per heavy atom. The van der Waals surface area contributed by atoms with Crippen LogP contribution in [0.3, 0.4) is 0 Å². The van der Waals surface area contributed by atoms with Crippen molar-refractivity contribution in [3.05, 3.63) is 71.4 Å². The van der Waals surface area contributed by atoms with Gasteiger partial charge in [-0.2, -0.15) is 0 Å². The number of hydrogen-bond acceptors (Lipinski definition) is 1. The van der Waals surface area contributed by atoms with Gasteiger partial charge in [0, 0.05) is 35.1 Å². The first-order valence-corrected chi connectivity index (χ1v) is 7.24. The predicted molar refractivity (Wildman–Crippen MR) is 83.5 cm³/mol. The monoisotopic (exact) mass is 276 g/mol. The summed E-state index contributed by atoms with van der Waals surface area (Å²) in [5.74, 6) is 0.462. The number of fused-ring (bicyclic) bond motifs is 2. The Morgan fingerprint density at radius 1 is 1.19 bits per heavy atom. The number of carbonyl (C=O) groups excluding carboxylic acids is 1. The first kappa shape index (κ1) is 12.2. The van der Waals surface area contributed by atoms with Crippen molar-refractivity contribution in [3.63, 3.8) is 0 Å². The number of rotatable bonds is 3. The van der Waals surface area contributed by atoms with Gasteiger partial charge in [-0.25, -0.2) is 0 Å². The standard InChI is InChI=1S/C18H16N2O/c21-18(14-5-6-17-13(10-14)7-8-19-17)20-11-15-9-12-3-1-2-4-16(12)15/h1-8,10,15,19H,9,11H2,(H,20,21). The van der Waals surface area contributed by atoms with E-state index in [4.69, 9.17) is 0 Å². The second-order valence-corrected chi connectivity index (χ2v) is 5.59. The van der Waals surface area contributed by atoms with Crippen LogP contribution in [0.4, 0.5) is 0 Å². The summed E-state index contributed by atoms with van der Waals surface area (Å²) >= 11 is 0. The Hall–Kier alpha value is -2.55. The fraction of sp³-hybridized carbons (Fsp3) is 0.167. The van der Waals surface area contributed by atoms with Gasteiger partial charge < -0.3 is 10.3 Å². The highest BCUT2D eigenvalue weighted by molar-refractivity contribution is 5.98. The molecule has 4 rings (SSSR count). The van der Waals surface area contributed by atoms with E-state index in [0.29, 0.717) is 12.5 Å². The summed E-state index contributed by atoms with van der Waals surface area (Å²) in [6.45, 7) is 0.709.